The number of nitrogens with one attached hydrogen (secondary N) is 1. The van der Waals surface area contributed by atoms with Crippen LogP contribution in [0.5, 0.6) is 0 Å². The van der Waals surface area contributed by atoms with Crippen LogP contribution in [0.3, 0.4) is 0 Å². The minimum atomic E-state index is -0.301. The smallest absolute Gasteiger partial charge is 0.220 e. The van der Waals surface area contributed by atoms with E-state index in [0.717, 1.165) is 19.3 Å². The van der Waals surface area contributed by atoms with Gasteiger partial charge in [-0.3, -0.25) is 9.59 Å². The zero-order valence-electron chi connectivity index (χ0n) is 16.7. The molecule has 0 rings (SSSR count). The Kier molecular flexibility index (Phi) is 15.1. The Hall–Kier alpha value is -0.860. The maximum Gasteiger partial charge on any atom is 0.220 e. The van der Waals surface area contributed by atoms with Crippen molar-refractivity contribution in [2.24, 2.45) is 5.92 Å². The lowest BCUT2D eigenvalue weighted by Crippen LogP contribution is -2.40. The molecule has 3 nitrogen and oxygen atoms in total. The fourth-order valence-corrected chi connectivity index (χ4v) is 3.01. The molecule has 24 heavy (non-hydrogen) atoms. The third-order valence-electron chi connectivity index (χ3n) is 4.54. The molecule has 0 saturated heterocycles. The first kappa shape index (κ1) is 23.1. The van der Waals surface area contributed by atoms with Gasteiger partial charge in [0.15, 0.2) is 5.78 Å². The van der Waals surface area contributed by atoms with Crippen LogP contribution in [-0.2, 0) is 9.59 Å². The summed E-state index contributed by atoms with van der Waals surface area (Å²) in [6, 6.07) is -0.301. The second-order valence-corrected chi connectivity index (χ2v) is 7.65. The zero-order valence-corrected chi connectivity index (χ0v) is 16.7. The standard InChI is InChI=1S/C21H41NO2/c1-5-6-7-8-9-10-11-12-13-14-15-16-21(24)22-20(19(4)23)17-18(2)3/h18,20H,5-17H2,1-4H3,(H,22,24)/t20-/m0/s1. The molecule has 1 N–H and O–H groups in total. The van der Waals surface area contributed by atoms with E-state index in [9.17, 15) is 9.59 Å². The van der Waals surface area contributed by atoms with Gasteiger partial charge in [0.25, 0.3) is 0 Å². The average molecular weight is 340 g/mol. The van der Waals surface area contributed by atoms with Gasteiger partial charge in [-0.1, -0.05) is 85.0 Å². The van der Waals surface area contributed by atoms with Gasteiger partial charge >= 0.3 is 0 Å². The van der Waals surface area contributed by atoms with E-state index in [1.54, 1.807) is 6.92 Å². The number of ketones is 1. The van der Waals surface area contributed by atoms with Crippen LogP contribution >= 0.6 is 0 Å². The first-order chi connectivity index (χ1) is 11.5. The normalized spacial score (nSPS) is 12.4. The highest BCUT2D eigenvalue weighted by molar-refractivity contribution is 5.87. The van der Waals surface area contributed by atoms with Crippen molar-refractivity contribution in [1.29, 1.82) is 0 Å². The third-order valence-corrected chi connectivity index (χ3v) is 4.54. The van der Waals surface area contributed by atoms with Gasteiger partial charge in [-0.05, 0) is 25.7 Å². The van der Waals surface area contributed by atoms with E-state index in [0.29, 0.717) is 12.3 Å². The molecule has 0 aromatic rings. The Bertz CT molecular complexity index is 326. The molecule has 0 aromatic heterocycles. The molecular weight excluding hydrogens is 298 g/mol. The number of hydrogen-bond acceptors (Lipinski definition) is 2. The zero-order chi connectivity index (χ0) is 18.2. The Morgan fingerprint density at radius 2 is 1.25 bits per heavy atom. The molecule has 0 spiro atoms. The van der Waals surface area contributed by atoms with E-state index < -0.39 is 0 Å². The van der Waals surface area contributed by atoms with Crippen LogP contribution in [0.4, 0.5) is 0 Å². The van der Waals surface area contributed by atoms with E-state index in [1.165, 1.54) is 57.8 Å². The summed E-state index contributed by atoms with van der Waals surface area (Å²) in [5.74, 6) is 0.518. The van der Waals surface area contributed by atoms with Crippen LogP contribution in [0.15, 0.2) is 0 Å². The van der Waals surface area contributed by atoms with Crippen LogP contribution in [0.1, 0.15) is 111 Å². The molecule has 0 radical (unpaired) electrons. The second-order valence-electron chi connectivity index (χ2n) is 7.65. The Balaban J connectivity index is 3.53. The molecular formula is C21H41NO2. The second kappa shape index (κ2) is 15.7. The molecule has 0 unspecified atom stereocenters. The summed E-state index contributed by atoms with van der Waals surface area (Å²) in [5.41, 5.74) is 0. The maximum absolute atomic E-state index is 11.9. The summed E-state index contributed by atoms with van der Waals surface area (Å²) in [6.07, 6.45) is 15.4. The summed E-state index contributed by atoms with van der Waals surface area (Å²) in [4.78, 5) is 23.5. The summed E-state index contributed by atoms with van der Waals surface area (Å²) in [6.45, 7) is 7.97. The van der Waals surface area contributed by atoms with Crippen molar-refractivity contribution < 1.29 is 9.59 Å². The van der Waals surface area contributed by atoms with Crippen LogP contribution in [0, 0.1) is 5.92 Å². The quantitative estimate of drug-likeness (QED) is 0.361. The molecule has 0 fully saturated rings. The van der Waals surface area contributed by atoms with Crippen molar-refractivity contribution in [2.75, 3.05) is 0 Å². The van der Waals surface area contributed by atoms with Gasteiger partial charge in [0.2, 0.25) is 5.91 Å². The van der Waals surface area contributed by atoms with Crippen LogP contribution in [0.2, 0.25) is 0 Å². The van der Waals surface area contributed by atoms with Gasteiger partial charge in [0, 0.05) is 6.42 Å². The van der Waals surface area contributed by atoms with Crippen LogP contribution in [-0.4, -0.2) is 17.7 Å². The predicted octanol–water partition coefficient (Wildman–Crippen LogP) is 5.81. The van der Waals surface area contributed by atoms with Gasteiger partial charge in [0.1, 0.15) is 0 Å². The van der Waals surface area contributed by atoms with Crippen molar-refractivity contribution >= 4 is 11.7 Å². The Morgan fingerprint density at radius 3 is 1.67 bits per heavy atom. The molecule has 0 saturated carbocycles. The monoisotopic (exact) mass is 339 g/mol. The average Bonchev–Trinajstić information content (AvgIpc) is 2.51. The Morgan fingerprint density at radius 1 is 0.792 bits per heavy atom. The maximum atomic E-state index is 11.9. The van der Waals surface area contributed by atoms with E-state index in [4.69, 9.17) is 0 Å². The van der Waals surface area contributed by atoms with Gasteiger partial charge < -0.3 is 5.32 Å². The number of amides is 1. The SMILES string of the molecule is CCCCCCCCCCCCCC(=O)N[C@@H](CC(C)C)C(C)=O. The molecule has 1 atom stereocenters. The van der Waals surface area contributed by atoms with Crippen LogP contribution < -0.4 is 5.32 Å². The molecule has 0 aromatic carbocycles. The van der Waals surface area contributed by atoms with E-state index in [1.807, 2.05) is 0 Å². The number of rotatable bonds is 16. The number of unbranched alkanes of at least 4 members (excludes halogenated alkanes) is 10. The minimum Gasteiger partial charge on any atom is -0.346 e. The lowest BCUT2D eigenvalue weighted by molar-refractivity contribution is -0.127. The Labute approximate surface area is 150 Å². The van der Waals surface area contributed by atoms with Gasteiger partial charge in [-0.25, -0.2) is 0 Å². The lowest BCUT2D eigenvalue weighted by atomic mass is 10.0. The molecule has 142 valence electrons. The van der Waals surface area contributed by atoms with Gasteiger partial charge in [0.05, 0.1) is 6.04 Å². The minimum absolute atomic E-state index is 0.0341. The summed E-state index contributed by atoms with van der Waals surface area (Å²) >= 11 is 0. The molecule has 0 aliphatic rings. The largest absolute Gasteiger partial charge is 0.346 e. The molecule has 1 amide bonds. The van der Waals surface area contributed by atoms with Crippen molar-refractivity contribution in [3.63, 3.8) is 0 Å². The first-order valence-electron chi connectivity index (χ1n) is 10.3. The highest BCUT2D eigenvalue weighted by Crippen LogP contribution is 2.12. The van der Waals surface area contributed by atoms with Crippen molar-refractivity contribution in [2.45, 2.75) is 117 Å². The number of Topliss-reactive ketones (excluding diaryl/α,β-unsaturated/α-hetero) is 1. The predicted molar refractivity (Wildman–Crippen MR) is 103 cm³/mol. The number of carbonyl (C=O) groups is 2. The lowest BCUT2D eigenvalue weighted by Gasteiger charge is -2.17. The first-order valence-corrected chi connectivity index (χ1v) is 10.3. The highest BCUT2D eigenvalue weighted by atomic mass is 16.2. The third kappa shape index (κ3) is 14.7. The summed E-state index contributed by atoms with van der Waals surface area (Å²) in [5, 5.41) is 2.89. The topological polar surface area (TPSA) is 46.2 Å². The molecule has 0 aliphatic heterocycles. The molecule has 3 heteroatoms. The van der Waals surface area contributed by atoms with Gasteiger partial charge in [-0.2, -0.15) is 0 Å². The molecule has 0 heterocycles. The van der Waals surface area contributed by atoms with Crippen molar-refractivity contribution in [3.8, 4) is 0 Å². The van der Waals surface area contributed by atoms with E-state index in [-0.39, 0.29) is 17.7 Å². The fourth-order valence-electron chi connectivity index (χ4n) is 3.01. The number of carbonyl (C=O) groups excluding carboxylic acids is 2. The molecule has 0 bridgehead atoms. The fraction of sp³-hybridized carbons (Fsp3) is 0.905. The van der Waals surface area contributed by atoms with Gasteiger partial charge in [-0.15, -0.1) is 0 Å². The highest BCUT2D eigenvalue weighted by Gasteiger charge is 2.17. The van der Waals surface area contributed by atoms with Crippen molar-refractivity contribution in [3.05, 3.63) is 0 Å². The van der Waals surface area contributed by atoms with Crippen LogP contribution in [0.25, 0.3) is 0 Å². The van der Waals surface area contributed by atoms with Crippen molar-refractivity contribution in [1.82, 2.24) is 5.32 Å². The van der Waals surface area contributed by atoms with E-state index >= 15 is 0 Å². The number of hydrogen-bond donors (Lipinski definition) is 1. The molecule has 0 aliphatic carbocycles. The summed E-state index contributed by atoms with van der Waals surface area (Å²) < 4.78 is 0. The summed E-state index contributed by atoms with van der Waals surface area (Å²) in [7, 11) is 0. The van der Waals surface area contributed by atoms with E-state index in [2.05, 4.69) is 26.1 Å².